The molecule has 1 saturated heterocycles. The number of carbonyl (C=O) groups excluding carboxylic acids is 2. The number of carbonyl (C=O) groups is 2. The largest absolute Gasteiger partial charge is 0.490 e. The van der Waals surface area contributed by atoms with E-state index in [4.69, 9.17) is 9.47 Å². The Morgan fingerprint density at radius 1 is 1.12 bits per heavy atom. The lowest BCUT2D eigenvalue weighted by Crippen LogP contribution is -2.23. The minimum absolute atomic E-state index is 0.229. The standard InChI is InChI=1S/C11H12O3.C8H13NO/c1-2-11(12)14-9-8-13-10-6-4-3-5-7-10;1-2-9-7-5-3-4-6-8(9)10/h2-7H,1,8-9H2;2H,1,3-7H2. The zero-order chi connectivity index (χ0) is 17.6. The van der Waals surface area contributed by atoms with Gasteiger partial charge in [0, 0.05) is 19.0 Å². The van der Waals surface area contributed by atoms with E-state index in [-0.39, 0.29) is 12.5 Å². The van der Waals surface area contributed by atoms with E-state index in [1.165, 1.54) is 6.42 Å². The van der Waals surface area contributed by atoms with Crippen LogP contribution in [0.3, 0.4) is 0 Å². The summed E-state index contributed by atoms with van der Waals surface area (Å²) in [7, 11) is 0. The summed E-state index contributed by atoms with van der Waals surface area (Å²) in [5, 5.41) is 0. The SMILES string of the molecule is C=CC(=O)OCCOc1ccccc1.C=CN1CCCCCC1=O. The molecule has 0 saturated carbocycles. The Labute approximate surface area is 143 Å². The number of hydrogen-bond acceptors (Lipinski definition) is 4. The lowest BCUT2D eigenvalue weighted by molar-refractivity contribution is -0.138. The zero-order valence-electron chi connectivity index (χ0n) is 14.0. The van der Waals surface area contributed by atoms with Gasteiger partial charge in [0.25, 0.3) is 0 Å². The number of benzene rings is 1. The number of hydrogen-bond donors (Lipinski definition) is 0. The number of rotatable bonds is 6. The maximum atomic E-state index is 11.1. The average Bonchev–Trinajstić information content (AvgIpc) is 2.84. The Balaban J connectivity index is 0.000000254. The fraction of sp³-hybridized carbons (Fsp3) is 0.368. The Morgan fingerprint density at radius 2 is 1.88 bits per heavy atom. The lowest BCUT2D eigenvalue weighted by atomic mass is 10.2. The van der Waals surface area contributed by atoms with Crippen molar-refractivity contribution in [1.29, 1.82) is 0 Å². The molecule has 0 radical (unpaired) electrons. The molecule has 5 nitrogen and oxygen atoms in total. The molecular weight excluding hydrogens is 306 g/mol. The van der Waals surface area contributed by atoms with Crippen LogP contribution in [-0.2, 0) is 14.3 Å². The van der Waals surface area contributed by atoms with Gasteiger partial charge < -0.3 is 14.4 Å². The molecule has 0 aliphatic carbocycles. The van der Waals surface area contributed by atoms with Crippen molar-refractivity contribution >= 4 is 11.9 Å². The summed E-state index contributed by atoms with van der Waals surface area (Å²) in [5.74, 6) is 0.566. The fourth-order valence-corrected chi connectivity index (χ4v) is 2.07. The Kier molecular flexibility index (Phi) is 9.69. The first-order valence-corrected chi connectivity index (χ1v) is 8.06. The van der Waals surface area contributed by atoms with E-state index in [0.29, 0.717) is 13.0 Å². The van der Waals surface area contributed by atoms with E-state index in [0.717, 1.165) is 31.2 Å². The summed E-state index contributed by atoms with van der Waals surface area (Å²) >= 11 is 0. The highest BCUT2D eigenvalue weighted by atomic mass is 16.6. The first kappa shape index (κ1) is 19.5. The van der Waals surface area contributed by atoms with Gasteiger partial charge in [0.05, 0.1) is 0 Å². The minimum Gasteiger partial charge on any atom is -0.490 e. The predicted molar refractivity (Wildman–Crippen MR) is 93.5 cm³/mol. The van der Waals surface area contributed by atoms with Gasteiger partial charge in [0.15, 0.2) is 0 Å². The second-order valence-corrected chi connectivity index (χ2v) is 5.11. The maximum absolute atomic E-state index is 11.1. The molecule has 0 unspecified atom stereocenters. The minimum atomic E-state index is -0.429. The van der Waals surface area contributed by atoms with Crippen LogP contribution in [0.2, 0.25) is 0 Å². The Hall–Kier alpha value is -2.56. The zero-order valence-corrected chi connectivity index (χ0v) is 14.0. The molecule has 0 N–H and O–H groups in total. The van der Waals surface area contributed by atoms with Gasteiger partial charge >= 0.3 is 5.97 Å². The molecule has 2 rings (SSSR count). The van der Waals surface area contributed by atoms with Crippen LogP contribution in [0.4, 0.5) is 0 Å². The molecule has 0 spiro atoms. The molecule has 1 amide bonds. The normalized spacial score (nSPS) is 13.8. The number of amides is 1. The molecule has 1 heterocycles. The van der Waals surface area contributed by atoms with Gasteiger partial charge in [-0.15, -0.1) is 0 Å². The number of para-hydroxylation sites is 1. The molecule has 1 aromatic carbocycles. The molecule has 0 atom stereocenters. The Bertz CT molecular complexity index is 527. The summed E-state index contributed by atoms with van der Waals surface area (Å²) in [5.41, 5.74) is 0. The van der Waals surface area contributed by atoms with Gasteiger partial charge in [0.1, 0.15) is 19.0 Å². The van der Waals surface area contributed by atoms with Crippen molar-refractivity contribution in [3.05, 3.63) is 55.8 Å². The van der Waals surface area contributed by atoms with Crippen LogP contribution >= 0.6 is 0 Å². The van der Waals surface area contributed by atoms with E-state index in [1.807, 2.05) is 30.3 Å². The van der Waals surface area contributed by atoms with Gasteiger partial charge in [-0.2, -0.15) is 0 Å². The van der Waals surface area contributed by atoms with Crippen LogP contribution in [0.1, 0.15) is 25.7 Å². The monoisotopic (exact) mass is 331 g/mol. The van der Waals surface area contributed by atoms with Crippen molar-refractivity contribution in [3.63, 3.8) is 0 Å². The molecule has 0 bridgehead atoms. The van der Waals surface area contributed by atoms with E-state index in [9.17, 15) is 9.59 Å². The number of esters is 1. The highest BCUT2D eigenvalue weighted by Gasteiger charge is 2.12. The Morgan fingerprint density at radius 3 is 2.54 bits per heavy atom. The van der Waals surface area contributed by atoms with Crippen molar-refractivity contribution in [2.24, 2.45) is 0 Å². The first-order valence-electron chi connectivity index (χ1n) is 8.06. The van der Waals surface area contributed by atoms with Crippen molar-refractivity contribution in [2.75, 3.05) is 19.8 Å². The number of nitrogens with zero attached hydrogens (tertiary/aromatic N) is 1. The third kappa shape index (κ3) is 8.17. The predicted octanol–water partition coefficient (Wildman–Crippen LogP) is 3.33. The summed E-state index contributed by atoms with van der Waals surface area (Å²) in [6.45, 7) is 8.31. The van der Waals surface area contributed by atoms with E-state index < -0.39 is 5.97 Å². The quantitative estimate of drug-likeness (QED) is 0.456. The molecule has 1 fully saturated rings. The summed E-state index contributed by atoms with van der Waals surface area (Å²) < 4.78 is 10.0. The van der Waals surface area contributed by atoms with Gasteiger partial charge in [-0.3, -0.25) is 4.79 Å². The molecule has 130 valence electrons. The summed E-state index contributed by atoms with van der Waals surface area (Å²) in [6.07, 6.45) is 6.80. The van der Waals surface area contributed by atoms with Crippen molar-refractivity contribution in [3.8, 4) is 5.75 Å². The van der Waals surface area contributed by atoms with Gasteiger partial charge in [-0.05, 0) is 31.2 Å². The number of likely N-dealkylation sites (tertiary alicyclic amines) is 1. The summed E-state index contributed by atoms with van der Waals surface area (Å²) in [4.78, 5) is 23.4. The summed E-state index contributed by atoms with van der Waals surface area (Å²) in [6, 6.07) is 9.35. The molecular formula is C19H25NO4. The fourth-order valence-electron chi connectivity index (χ4n) is 2.07. The van der Waals surface area contributed by atoms with Gasteiger partial charge in [-0.1, -0.05) is 37.8 Å². The van der Waals surface area contributed by atoms with Crippen LogP contribution in [-0.4, -0.2) is 36.5 Å². The van der Waals surface area contributed by atoms with Crippen LogP contribution in [0.5, 0.6) is 5.75 Å². The van der Waals surface area contributed by atoms with E-state index >= 15 is 0 Å². The van der Waals surface area contributed by atoms with E-state index in [2.05, 4.69) is 13.2 Å². The smallest absolute Gasteiger partial charge is 0.330 e. The third-order valence-corrected chi connectivity index (χ3v) is 3.34. The molecule has 1 aromatic rings. The van der Waals surface area contributed by atoms with Crippen molar-refractivity contribution < 1.29 is 19.1 Å². The van der Waals surface area contributed by atoms with Crippen molar-refractivity contribution in [1.82, 2.24) is 4.90 Å². The highest BCUT2D eigenvalue weighted by molar-refractivity contribution is 5.81. The topological polar surface area (TPSA) is 55.8 Å². The molecule has 5 heteroatoms. The first-order chi connectivity index (χ1) is 11.7. The number of ether oxygens (including phenoxy) is 2. The van der Waals surface area contributed by atoms with Gasteiger partial charge in [-0.25, -0.2) is 4.79 Å². The highest BCUT2D eigenvalue weighted by Crippen LogP contribution is 2.10. The van der Waals surface area contributed by atoms with Crippen LogP contribution in [0.15, 0.2) is 55.8 Å². The van der Waals surface area contributed by atoms with Crippen LogP contribution in [0.25, 0.3) is 0 Å². The second kappa shape index (κ2) is 11.9. The van der Waals surface area contributed by atoms with Gasteiger partial charge in [0.2, 0.25) is 5.91 Å². The molecule has 0 aromatic heterocycles. The lowest BCUT2D eigenvalue weighted by Gasteiger charge is -2.13. The maximum Gasteiger partial charge on any atom is 0.330 e. The molecule has 1 aliphatic rings. The molecule has 1 aliphatic heterocycles. The van der Waals surface area contributed by atoms with Crippen LogP contribution < -0.4 is 4.74 Å². The molecule has 24 heavy (non-hydrogen) atoms. The van der Waals surface area contributed by atoms with Crippen LogP contribution in [0, 0.1) is 0 Å². The third-order valence-electron chi connectivity index (χ3n) is 3.34. The van der Waals surface area contributed by atoms with Crippen molar-refractivity contribution in [2.45, 2.75) is 25.7 Å². The van der Waals surface area contributed by atoms with E-state index in [1.54, 1.807) is 11.1 Å². The second-order valence-electron chi connectivity index (χ2n) is 5.11. The average molecular weight is 331 g/mol.